The summed E-state index contributed by atoms with van der Waals surface area (Å²) in [6, 6.07) is 7.78. The van der Waals surface area contributed by atoms with Gasteiger partial charge in [-0.05, 0) is 43.4 Å². The molecule has 0 heterocycles. The van der Waals surface area contributed by atoms with Crippen molar-refractivity contribution in [3.05, 3.63) is 29.8 Å². The normalized spacial score (nSPS) is 15.6. The van der Waals surface area contributed by atoms with Crippen LogP contribution in [0.3, 0.4) is 0 Å². The summed E-state index contributed by atoms with van der Waals surface area (Å²) in [6.45, 7) is 7.90. The Hall–Kier alpha value is -2.57. The van der Waals surface area contributed by atoms with Crippen LogP contribution in [0.1, 0.15) is 58.4 Å². The van der Waals surface area contributed by atoms with Crippen LogP contribution in [-0.4, -0.2) is 49.9 Å². The maximum Gasteiger partial charge on any atom is 0.230 e. The summed E-state index contributed by atoms with van der Waals surface area (Å²) in [5, 5.41) is 9.63. The number of anilines is 1. The molecule has 0 unspecified atom stereocenters. The Balaban J connectivity index is 2.03. The van der Waals surface area contributed by atoms with Crippen LogP contribution in [0.4, 0.5) is 5.69 Å². The number of hydrogen-bond donors (Lipinski definition) is 3. The Morgan fingerprint density at radius 3 is 2.48 bits per heavy atom. The molecule has 1 fully saturated rings. The number of carbonyl (C=O) groups is 2. The molecule has 7 heteroatoms. The van der Waals surface area contributed by atoms with Crippen LogP contribution >= 0.6 is 0 Å². The molecule has 1 aromatic carbocycles. The quantitative estimate of drug-likeness (QED) is 0.415. The SMILES string of the molecule is CCNC(=NCc1cccc(NC(=O)CC(C)C)c1)NCC1(C(=O)N(C)C)CCCC1. The number of rotatable bonds is 9. The highest BCUT2D eigenvalue weighted by atomic mass is 16.2. The molecule has 3 N–H and O–H groups in total. The van der Waals surface area contributed by atoms with Crippen LogP contribution < -0.4 is 16.0 Å². The van der Waals surface area contributed by atoms with Crippen LogP contribution in [0.2, 0.25) is 0 Å². The fourth-order valence-corrected chi connectivity index (χ4v) is 4.09. The number of amides is 2. The van der Waals surface area contributed by atoms with Crippen molar-refractivity contribution in [2.75, 3.05) is 32.5 Å². The van der Waals surface area contributed by atoms with Gasteiger partial charge in [-0.3, -0.25) is 9.59 Å². The molecule has 1 aromatic rings. The van der Waals surface area contributed by atoms with Crippen molar-refractivity contribution >= 4 is 23.5 Å². The van der Waals surface area contributed by atoms with Gasteiger partial charge >= 0.3 is 0 Å². The summed E-state index contributed by atoms with van der Waals surface area (Å²) in [5.41, 5.74) is 1.46. The summed E-state index contributed by atoms with van der Waals surface area (Å²) in [6.07, 6.45) is 4.50. The molecule has 1 saturated carbocycles. The molecule has 1 aliphatic carbocycles. The first-order chi connectivity index (χ1) is 14.8. The Morgan fingerprint density at radius 1 is 1.16 bits per heavy atom. The zero-order valence-electron chi connectivity index (χ0n) is 19.8. The molecular weight excluding hydrogens is 390 g/mol. The summed E-state index contributed by atoms with van der Waals surface area (Å²) in [5.74, 6) is 1.25. The van der Waals surface area contributed by atoms with E-state index in [-0.39, 0.29) is 17.2 Å². The van der Waals surface area contributed by atoms with Crippen molar-refractivity contribution < 1.29 is 9.59 Å². The first-order valence-corrected chi connectivity index (χ1v) is 11.4. The van der Waals surface area contributed by atoms with Gasteiger partial charge in [0.05, 0.1) is 12.0 Å². The lowest BCUT2D eigenvalue weighted by Crippen LogP contribution is -2.49. The van der Waals surface area contributed by atoms with Gasteiger partial charge in [-0.25, -0.2) is 4.99 Å². The molecule has 2 amide bonds. The summed E-state index contributed by atoms with van der Waals surface area (Å²) in [4.78, 5) is 31.3. The molecule has 0 bridgehead atoms. The molecule has 2 rings (SSSR count). The lowest BCUT2D eigenvalue weighted by molar-refractivity contribution is -0.138. The van der Waals surface area contributed by atoms with Crippen molar-refractivity contribution in [1.82, 2.24) is 15.5 Å². The van der Waals surface area contributed by atoms with Gasteiger partial charge in [0.15, 0.2) is 5.96 Å². The highest BCUT2D eigenvalue weighted by Gasteiger charge is 2.42. The Labute approximate surface area is 187 Å². The van der Waals surface area contributed by atoms with E-state index >= 15 is 0 Å². The van der Waals surface area contributed by atoms with Gasteiger partial charge in [0.1, 0.15) is 0 Å². The lowest BCUT2D eigenvalue weighted by atomic mass is 9.84. The van der Waals surface area contributed by atoms with Gasteiger partial charge in [-0.15, -0.1) is 0 Å². The zero-order chi connectivity index (χ0) is 22.9. The number of nitrogens with one attached hydrogen (secondary N) is 3. The van der Waals surface area contributed by atoms with Crippen molar-refractivity contribution in [3.63, 3.8) is 0 Å². The average molecular weight is 430 g/mol. The fraction of sp³-hybridized carbons (Fsp3) is 0.625. The van der Waals surface area contributed by atoms with Crippen LogP contribution in [-0.2, 0) is 16.1 Å². The molecule has 172 valence electrons. The fourth-order valence-electron chi connectivity index (χ4n) is 4.09. The van der Waals surface area contributed by atoms with E-state index in [1.54, 1.807) is 4.90 Å². The van der Waals surface area contributed by atoms with E-state index in [0.29, 0.717) is 31.4 Å². The van der Waals surface area contributed by atoms with E-state index < -0.39 is 0 Å². The summed E-state index contributed by atoms with van der Waals surface area (Å²) >= 11 is 0. The van der Waals surface area contributed by atoms with Crippen LogP contribution in [0.25, 0.3) is 0 Å². The second-order valence-corrected chi connectivity index (χ2v) is 9.08. The van der Waals surface area contributed by atoms with Crippen LogP contribution in [0.5, 0.6) is 0 Å². The van der Waals surface area contributed by atoms with Gasteiger partial charge < -0.3 is 20.9 Å². The predicted octanol–water partition coefficient (Wildman–Crippen LogP) is 3.37. The van der Waals surface area contributed by atoms with Gasteiger partial charge in [-0.1, -0.05) is 38.8 Å². The van der Waals surface area contributed by atoms with Gasteiger partial charge in [0.25, 0.3) is 0 Å². The lowest BCUT2D eigenvalue weighted by Gasteiger charge is -2.31. The Bertz CT molecular complexity index is 767. The number of benzene rings is 1. The van der Waals surface area contributed by atoms with Gasteiger partial charge in [0.2, 0.25) is 11.8 Å². The van der Waals surface area contributed by atoms with Crippen molar-refractivity contribution in [2.45, 2.75) is 59.4 Å². The molecule has 0 atom stereocenters. The molecule has 0 radical (unpaired) electrons. The van der Waals surface area contributed by atoms with E-state index in [1.165, 1.54) is 0 Å². The van der Waals surface area contributed by atoms with E-state index in [1.807, 2.05) is 59.1 Å². The number of hydrogen-bond acceptors (Lipinski definition) is 3. The smallest absolute Gasteiger partial charge is 0.230 e. The molecule has 7 nitrogen and oxygen atoms in total. The van der Waals surface area contributed by atoms with E-state index in [2.05, 4.69) is 16.0 Å². The minimum Gasteiger partial charge on any atom is -0.357 e. The highest BCUT2D eigenvalue weighted by Crippen LogP contribution is 2.38. The maximum absolute atomic E-state index is 12.8. The molecule has 1 aliphatic rings. The third-order valence-corrected chi connectivity index (χ3v) is 5.58. The molecular formula is C24H39N5O2. The second-order valence-electron chi connectivity index (χ2n) is 9.08. The number of carbonyl (C=O) groups excluding carboxylic acids is 2. The second kappa shape index (κ2) is 11.7. The van der Waals surface area contributed by atoms with E-state index in [4.69, 9.17) is 4.99 Å². The first-order valence-electron chi connectivity index (χ1n) is 11.4. The maximum atomic E-state index is 12.8. The summed E-state index contributed by atoms with van der Waals surface area (Å²) < 4.78 is 0. The predicted molar refractivity (Wildman–Crippen MR) is 127 cm³/mol. The number of nitrogens with zero attached hydrogens (tertiary/aromatic N) is 2. The van der Waals surface area contributed by atoms with Crippen molar-refractivity contribution in [1.29, 1.82) is 0 Å². The average Bonchev–Trinajstić information content (AvgIpc) is 3.19. The van der Waals surface area contributed by atoms with Crippen molar-refractivity contribution in [3.8, 4) is 0 Å². The molecule has 0 aliphatic heterocycles. The molecule has 0 saturated heterocycles. The molecule has 31 heavy (non-hydrogen) atoms. The minimum atomic E-state index is -0.347. The standard InChI is InChI=1S/C24H39N5O2/c1-6-25-23(27-17-24(12-7-8-13-24)22(31)29(4)5)26-16-19-10-9-11-20(15-19)28-21(30)14-18(2)3/h9-11,15,18H,6-8,12-14,16-17H2,1-5H3,(H,28,30)(H2,25,26,27). The van der Waals surface area contributed by atoms with Crippen LogP contribution in [0, 0.1) is 11.3 Å². The summed E-state index contributed by atoms with van der Waals surface area (Å²) in [7, 11) is 3.66. The van der Waals surface area contributed by atoms with Crippen molar-refractivity contribution in [2.24, 2.45) is 16.3 Å². The number of guanidine groups is 1. The Morgan fingerprint density at radius 2 is 1.87 bits per heavy atom. The third-order valence-electron chi connectivity index (χ3n) is 5.58. The Kier molecular flexibility index (Phi) is 9.34. The first kappa shape index (κ1) is 24.7. The topological polar surface area (TPSA) is 85.8 Å². The minimum absolute atomic E-state index is 0.0260. The van der Waals surface area contributed by atoms with Gasteiger partial charge in [0, 0.05) is 39.3 Å². The van der Waals surface area contributed by atoms with E-state index in [0.717, 1.165) is 43.5 Å². The monoisotopic (exact) mass is 429 g/mol. The van der Waals surface area contributed by atoms with Crippen LogP contribution in [0.15, 0.2) is 29.3 Å². The highest BCUT2D eigenvalue weighted by molar-refractivity contribution is 5.90. The zero-order valence-corrected chi connectivity index (χ0v) is 19.8. The third kappa shape index (κ3) is 7.56. The molecule has 0 spiro atoms. The molecule has 0 aromatic heterocycles. The van der Waals surface area contributed by atoms with E-state index in [9.17, 15) is 9.59 Å². The number of aliphatic imine (C=N–C) groups is 1. The largest absolute Gasteiger partial charge is 0.357 e. The van der Waals surface area contributed by atoms with Gasteiger partial charge in [-0.2, -0.15) is 0 Å².